The van der Waals surface area contributed by atoms with Crippen LogP contribution in [0, 0.1) is 5.92 Å². The third-order valence-electron chi connectivity index (χ3n) is 4.79. The van der Waals surface area contributed by atoms with Crippen LogP contribution >= 0.6 is 12.2 Å². The minimum absolute atomic E-state index is 0.0210. The predicted molar refractivity (Wildman–Crippen MR) is 120 cm³/mol. The van der Waals surface area contributed by atoms with E-state index in [-0.39, 0.29) is 23.5 Å². The van der Waals surface area contributed by atoms with Crippen molar-refractivity contribution in [1.29, 1.82) is 0 Å². The number of carbonyl (C=O) groups excluding carboxylic acids is 3. The zero-order valence-electron chi connectivity index (χ0n) is 17.7. The Labute approximate surface area is 186 Å². The number of rotatable bonds is 7. The number of amides is 3. The largest absolute Gasteiger partial charge is 0.493 e. The minimum Gasteiger partial charge on any atom is -0.493 e. The fourth-order valence-electron chi connectivity index (χ4n) is 3.16. The Kier molecular flexibility index (Phi) is 9.76. The summed E-state index contributed by atoms with van der Waals surface area (Å²) in [6, 6.07) is 5.22. The monoisotopic (exact) mass is 448 g/mol. The molecule has 0 radical (unpaired) electrons. The quantitative estimate of drug-likeness (QED) is 0.283. The van der Waals surface area contributed by atoms with Gasteiger partial charge in [-0.2, -0.15) is 0 Å². The number of methoxy groups -OCH3 is 2. The van der Waals surface area contributed by atoms with Gasteiger partial charge in [-0.3, -0.25) is 30.6 Å². The summed E-state index contributed by atoms with van der Waals surface area (Å²) in [7, 11) is 3.07. The molecule has 0 saturated heterocycles. The molecule has 0 aromatic heterocycles. The Morgan fingerprint density at radius 1 is 1.06 bits per heavy atom. The molecule has 1 aliphatic rings. The van der Waals surface area contributed by atoms with E-state index >= 15 is 0 Å². The van der Waals surface area contributed by atoms with E-state index in [0.29, 0.717) is 11.5 Å². The molecule has 0 bridgehead atoms. The van der Waals surface area contributed by atoms with E-state index in [4.69, 9.17) is 21.7 Å². The van der Waals surface area contributed by atoms with Gasteiger partial charge in [0.05, 0.1) is 20.8 Å². The van der Waals surface area contributed by atoms with E-state index in [1.54, 1.807) is 24.3 Å². The van der Waals surface area contributed by atoms with Gasteiger partial charge in [0.15, 0.2) is 16.6 Å². The maximum Gasteiger partial charge on any atom is 0.257 e. The van der Waals surface area contributed by atoms with Crippen molar-refractivity contribution in [3.8, 4) is 11.5 Å². The Bertz CT molecular complexity index is 837. The third-order valence-corrected chi connectivity index (χ3v) is 4.99. The van der Waals surface area contributed by atoms with Crippen LogP contribution < -0.4 is 31.0 Å². The lowest BCUT2D eigenvalue weighted by Crippen LogP contribution is -2.51. The number of hydrazine groups is 1. The van der Waals surface area contributed by atoms with Gasteiger partial charge in [-0.15, -0.1) is 0 Å². The van der Waals surface area contributed by atoms with Crippen LogP contribution in [-0.4, -0.2) is 43.6 Å². The van der Waals surface area contributed by atoms with Crippen molar-refractivity contribution in [2.45, 2.75) is 32.1 Å². The second-order valence-electron chi connectivity index (χ2n) is 6.99. The summed E-state index contributed by atoms with van der Waals surface area (Å²) in [5.41, 5.74) is 5.49. The molecule has 1 saturated carbocycles. The molecule has 1 aromatic rings. The zero-order chi connectivity index (χ0) is 22.6. The van der Waals surface area contributed by atoms with Crippen LogP contribution in [0.15, 0.2) is 24.3 Å². The first-order valence-electron chi connectivity index (χ1n) is 10.0. The maximum atomic E-state index is 12.0. The molecule has 1 aromatic carbocycles. The van der Waals surface area contributed by atoms with E-state index in [2.05, 4.69) is 21.5 Å². The van der Waals surface area contributed by atoms with Gasteiger partial charge in [0, 0.05) is 12.0 Å². The molecule has 168 valence electrons. The highest BCUT2D eigenvalue weighted by atomic mass is 32.1. The van der Waals surface area contributed by atoms with Crippen LogP contribution in [0.4, 0.5) is 0 Å². The first-order chi connectivity index (χ1) is 14.9. The molecule has 2 rings (SSSR count). The standard InChI is InChI=1S/C21H28N4O5S/c1-29-16-10-8-14(12-17(16)30-2)9-11-18(26)23-21(31)25-24-19(27)13-22-20(28)15-6-4-3-5-7-15/h8-12,15H,3-7,13H2,1-2H3,(H,22,28)(H,24,27)(H2,23,25,26,31). The van der Waals surface area contributed by atoms with Crippen LogP contribution in [0.3, 0.4) is 0 Å². The van der Waals surface area contributed by atoms with Gasteiger partial charge in [-0.1, -0.05) is 25.3 Å². The lowest BCUT2D eigenvalue weighted by atomic mass is 9.89. The predicted octanol–water partition coefficient (Wildman–Crippen LogP) is 1.44. The summed E-state index contributed by atoms with van der Waals surface area (Å²) < 4.78 is 10.4. The Balaban J connectivity index is 1.70. The zero-order valence-corrected chi connectivity index (χ0v) is 18.5. The van der Waals surface area contributed by atoms with Gasteiger partial charge in [0.2, 0.25) is 11.8 Å². The summed E-state index contributed by atoms with van der Waals surface area (Å²) in [4.78, 5) is 35.9. The van der Waals surface area contributed by atoms with Crippen molar-refractivity contribution in [3.05, 3.63) is 29.8 Å². The molecule has 10 heteroatoms. The van der Waals surface area contributed by atoms with Crippen molar-refractivity contribution in [3.63, 3.8) is 0 Å². The molecule has 1 aliphatic carbocycles. The molecule has 31 heavy (non-hydrogen) atoms. The average molecular weight is 449 g/mol. The van der Waals surface area contributed by atoms with Crippen LogP contribution in [0.5, 0.6) is 11.5 Å². The van der Waals surface area contributed by atoms with Gasteiger partial charge in [-0.05, 0) is 48.8 Å². The SMILES string of the molecule is COc1ccc(C=CC(=O)NC(=S)NNC(=O)CNC(=O)C2CCCCC2)cc1OC. The molecule has 0 aliphatic heterocycles. The second-order valence-corrected chi connectivity index (χ2v) is 7.40. The van der Waals surface area contributed by atoms with Crippen LogP contribution in [0.25, 0.3) is 6.08 Å². The normalized spacial score (nSPS) is 13.9. The van der Waals surface area contributed by atoms with E-state index in [1.807, 2.05) is 0 Å². The number of thiocarbonyl (C=S) groups is 1. The molecular weight excluding hydrogens is 420 g/mol. The van der Waals surface area contributed by atoms with Crippen LogP contribution in [-0.2, 0) is 14.4 Å². The van der Waals surface area contributed by atoms with E-state index in [1.165, 1.54) is 20.3 Å². The Hall–Kier alpha value is -3.14. The summed E-state index contributed by atoms with van der Waals surface area (Å²) in [5.74, 6) is 0.0489. The number of benzene rings is 1. The number of hydrogen-bond donors (Lipinski definition) is 4. The van der Waals surface area contributed by atoms with Gasteiger partial charge in [0.1, 0.15) is 0 Å². The Morgan fingerprint density at radius 2 is 1.77 bits per heavy atom. The van der Waals surface area contributed by atoms with Gasteiger partial charge in [-0.25, -0.2) is 0 Å². The summed E-state index contributed by atoms with van der Waals surface area (Å²) in [6.45, 7) is -0.169. The molecule has 0 spiro atoms. The third kappa shape index (κ3) is 8.25. The van der Waals surface area contributed by atoms with E-state index in [0.717, 1.165) is 37.7 Å². The van der Waals surface area contributed by atoms with Crippen LogP contribution in [0.1, 0.15) is 37.7 Å². The molecule has 4 N–H and O–H groups in total. The minimum atomic E-state index is -0.480. The van der Waals surface area contributed by atoms with Crippen molar-refractivity contribution in [2.24, 2.45) is 5.92 Å². The number of hydrogen-bond acceptors (Lipinski definition) is 6. The molecule has 0 heterocycles. The van der Waals surface area contributed by atoms with Crippen molar-refractivity contribution < 1.29 is 23.9 Å². The lowest BCUT2D eigenvalue weighted by Gasteiger charge is -2.20. The topological polar surface area (TPSA) is 118 Å². The fraction of sp³-hybridized carbons (Fsp3) is 0.429. The molecule has 9 nitrogen and oxygen atoms in total. The maximum absolute atomic E-state index is 12.0. The fourth-order valence-corrected chi connectivity index (χ4v) is 3.31. The van der Waals surface area contributed by atoms with E-state index in [9.17, 15) is 14.4 Å². The number of nitrogens with one attached hydrogen (secondary N) is 4. The first kappa shape index (κ1) is 24.1. The first-order valence-corrected chi connectivity index (χ1v) is 10.4. The molecule has 0 atom stereocenters. The van der Waals surface area contributed by atoms with Crippen LogP contribution in [0.2, 0.25) is 0 Å². The second kappa shape index (κ2) is 12.5. The molecule has 1 fully saturated rings. The van der Waals surface area contributed by atoms with Gasteiger partial charge in [0.25, 0.3) is 5.91 Å². The summed E-state index contributed by atoms with van der Waals surface area (Å²) in [6.07, 6.45) is 7.83. The number of ether oxygens (including phenoxy) is 2. The highest BCUT2D eigenvalue weighted by Crippen LogP contribution is 2.28. The number of carbonyl (C=O) groups is 3. The molecular formula is C21H28N4O5S. The molecule has 0 unspecified atom stereocenters. The van der Waals surface area contributed by atoms with E-state index < -0.39 is 11.8 Å². The van der Waals surface area contributed by atoms with Gasteiger partial charge < -0.3 is 14.8 Å². The summed E-state index contributed by atoms with van der Waals surface area (Å²) >= 11 is 4.97. The van der Waals surface area contributed by atoms with Crippen molar-refractivity contribution >= 4 is 41.1 Å². The Morgan fingerprint density at radius 3 is 2.45 bits per heavy atom. The van der Waals surface area contributed by atoms with Gasteiger partial charge >= 0.3 is 0 Å². The smallest absolute Gasteiger partial charge is 0.257 e. The van der Waals surface area contributed by atoms with Crippen molar-refractivity contribution in [2.75, 3.05) is 20.8 Å². The lowest BCUT2D eigenvalue weighted by molar-refractivity contribution is -0.129. The summed E-state index contributed by atoms with van der Waals surface area (Å²) in [5, 5.41) is 4.96. The molecule has 3 amide bonds. The highest BCUT2D eigenvalue weighted by molar-refractivity contribution is 7.80. The highest BCUT2D eigenvalue weighted by Gasteiger charge is 2.21. The average Bonchev–Trinajstić information content (AvgIpc) is 2.80. The van der Waals surface area contributed by atoms with Crippen molar-refractivity contribution in [1.82, 2.24) is 21.5 Å².